The van der Waals surface area contributed by atoms with Gasteiger partial charge >= 0.3 is 0 Å². The van der Waals surface area contributed by atoms with E-state index in [1.807, 2.05) is 0 Å². The number of epoxide rings is 1. The summed E-state index contributed by atoms with van der Waals surface area (Å²) in [4.78, 5) is 11.4. The van der Waals surface area contributed by atoms with Gasteiger partial charge in [0, 0.05) is 7.11 Å². The minimum atomic E-state index is -0.828. The fraction of sp³-hybridized carbons (Fsp3) is 0.857. The van der Waals surface area contributed by atoms with Crippen LogP contribution in [0.2, 0.25) is 0 Å². The van der Waals surface area contributed by atoms with Gasteiger partial charge in [0.25, 0.3) is 0 Å². The summed E-state index contributed by atoms with van der Waals surface area (Å²) < 4.78 is 14.6. The van der Waals surface area contributed by atoms with Crippen molar-refractivity contribution in [2.75, 3.05) is 7.11 Å². The molecule has 4 unspecified atom stereocenters. The van der Waals surface area contributed by atoms with E-state index in [9.17, 15) is 4.79 Å². The molecule has 2 fully saturated rings. The highest BCUT2D eigenvalue weighted by Crippen LogP contribution is 2.50. The Morgan fingerprint density at radius 3 is 2.92 bits per heavy atom. The van der Waals surface area contributed by atoms with Gasteiger partial charge in [-0.25, -0.2) is 0 Å². The van der Waals surface area contributed by atoms with Crippen LogP contribution in [0.5, 0.6) is 0 Å². The van der Waals surface area contributed by atoms with Crippen LogP contribution in [0.4, 0.5) is 0 Å². The van der Waals surface area contributed by atoms with Gasteiger partial charge in [0.2, 0.25) is 10.3 Å². The summed E-state index contributed by atoms with van der Waals surface area (Å²) in [7, 11) is 1.53. The molecule has 0 bridgehead atoms. The number of Topliss-reactive ketones (excluding diaryl/α,β-unsaturated/α-hetero) is 1. The molecule has 0 aromatic heterocycles. The maximum Gasteiger partial charge on any atom is 0.215 e. The van der Waals surface area contributed by atoms with Crippen molar-refractivity contribution in [3.05, 3.63) is 0 Å². The first-order valence-electron chi connectivity index (χ1n) is 3.69. The van der Waals surface area contributed by atoms with E-state index in [0.717, 1.165) is 0 Å². The van der Waals surface area contributed by atoms with Crippen LogP contribution in [0.3, 0.4) is 0 Å². The summed E-state index contributed by atoms with van der Waals surface area (Å²) in [6.45, 7) is 1.69. The number of methoxy groups -OCH3 is 1. The van der Waals surface area contributed by atoms with E-state index in [0.29, 0.717) is 0 Å². The van der Waals surface area contributed by atoms with Gasteiger partial charge < -0.3 is 14.2 Å². The SMILES string of the molecule is COC1OC(C)C(=O)C2(Br)OC12. The molecule has 0 N–H and O–H groups in total. The van der Waals surface area contributed by atoms with E-state index in [1.54, 1.807) is 6.92 Å². The van der Waals surface area contributed by atoms with Crippen molar-refractivity contribution in [1.29, 1.82) is 0 Å². The zero-order valence-electron chi connectivity index (χ0n) is 6.74. The molecule has 0 aromatic carbocycles. The highest BCUT2D eigenvalue weighted by Gasteiger charge is 2.69. The molecule has 0 radical (unpaired) electrons. The Bertz CT molecular complexity index is 231. The Hall–Kier alpha value is 0.0300. The Kier molecular flexibility index (Phi) is 1.80. The quantitative estimate of drug-likeness (QED) is 0.490. The third-order valence-electron chi connectivity index (χ3n) is 2.13. The molecule has 12 heavy (non-hydrogen) atoms. The molecule has 4 nitrogen and oxygen atoms in total. The lowest BCUT2D eigenvalue weighted by Crippen LogP contribution is -2.45. The second-order valence-corrected chi connectivity index (χ2v) is 4.11. The summed E-state index contributed by atoms with van der Waals surface area (Å²) in [6.07, 6.45) is -1.18. The lowest BCUT2D eigenvalue weighted by Gasteiger charge is -2.24. The lowest BCUT2D eigenvalue weighted by molar-refractivity contribution is -0.177. The van der Waals surface area contributed by atoms with Gasteiger partial charge in [0.1, 0.15) is 6.10 Å². The van der Waals surface area contributed by atoms with Gasteiger partial charge in [-0.2, -0.15) is 0 Å². The number of fused-ring (bicyclic) bond motifs is 1. The standard InChI is InChI=1S/C7H9BrO4/c1-3-4(9)7(8)5(12-7)6(10-2)11-3/h3,5-6H,1-2H3. The molecular weight excluding hydrogens is 228 g/mol. The Morgan fingerprint density at radius 1 is 1.67 bits per heavy atom. The number of rotatable bonds is 1. The Morgan fingerprint density at radius 2 is 2.33 bits per heavy atom. The molecule has 2 rings (SSSR count). The molecule has 4 atom stereocenters. The number of halogens is 1. The van der Waals surface area contributed by atoms with Gasteiger partial charge in [-0.05, 0) is 22.9 Å². The van der Waals surface area contributed by atoms with Crippen LogP contribution in [-0.4, -0.2) is 35.9 Å². The van der Waals surface area contributed by atoms with Crippen LogP contribution in [0.25, 0.3) is 0 Å². The molecule has 0 amide bonds. The highest BCUT2D eigenvalue weighted by molar-refractivity contribution is 9.10. The van der Waals surface area contributed by atoms with Crippen molar-refractivity contribution < 1.29 is 19.0 Å². The van der Waals surface area contributed by atoms with Crippen LogP contribution in [-0.2, 0) is 19.0 Å². The molecule has 5 heteroatoms. The summed E-state index contributed by atoms with van der Waals surface area (Å²) in [6, 6.07) is 0. The van der Waals surface area contributed by atoms with Crippen molar-refractivity contribution in [3.63, 3.8) is 0 Å². The van der Waals surface area contributed by atoms with Gasteiger partial charge in [0.15, 0.2) is 12.4 Å². The number of alkyl halides is 1. The minimum absolute atomic E-state index is 0.0687. The Balaban J connectivity index is 2.18. The average molecular weight is 237 g/mol. The third-order valence-corrected chi connectivity index (χ3v) is 3.16. The van der Waals surface area contributed by atoms with Crippen molar-refractivity contribution in [1.82, 2.24) is 0 Å². The molecule has 0 saturated carbocycles. The topological polar surface area (TPSA) is 48.1 Å². The maximum atomic E-state index is 11.4. The number of carbonyl (C=O) groups excluding carboxylic acids is 1. The zero-order valence-corrected chi connectivity index (χ0v) is 8.33. The van der Waals surface area contributed by atoms with E-state index in [-0.39, 0.29) is 11.9 Å². The largest absolute Gasteiger partial charge is 0.353 e. The van der Waals surface area contributed by atoms with Crippen LogP contribution in [0.15, 0.2) is 0 Å². The van der Waals surface area contributed by atoms with Gasteiger partial charge in [0.05, 0.1) is 0 Å². The summed E-state index contributed by atoms with van der Waals surface area (Å²) in [5.74, 6) is -0.0687. The van der Waals surface area contributed by atoms with E-state index in [2.05, 4.69) is 15.9 Å². The van der Waals surface area contributed by atoms with Crippen LogP contribution in [0, 0.1) is 0 Å². The molecule has 0 aromatic rings. The predicted molar refractivity (Wildman–Crippen MR) is 42.9 cm³/mol. The van der Waals surface area contributed by atoms with Crippen LogP contribution in [0.1, 0.15) is 6.92 Å². The van der Waals surface area contributed by atoms with E-state index < -0.39 is 16.9 Å². The molecule has 2 saturated heterocycles. The molecule has 0 aliphatic carbocycles. The zero-order chi connectivity index (χ0) is 8.93. The summed E-state index contributed by atoms with van der Waals surface area (Å²) >= 11 is 3.22. The number of ether oxygens (including phenoxy) is 3. The normalized spacial score (nSPS) is 51.9. The Labute approximate surface area is 78.3 Å². The van der Waals surface area contributed by atoms with E-state index in [4.69, 9.17) is 14.2 Å². The fourth-order valence-electron chi connectivity index (χ4n) is 1.37. The first kappa shape index (κ1) is 8.62. The van der Waals surface area contributed by atoms with E-state index >= 15 is 0 Å². The van der Waals surface area contributed by atoms with Crippen molar-refractivity contribution in [2.24, 2.45) is 0 Å². The van der Waals surface area contributed by atoms with Crippen LogP contribution < -0.4 is 0 Å². The highest BCUT2D eigenvalue weighted by atomic mass is 79.9. The first-order chi connectivity index (χ1) is 5.59. The molecule has 2 aliphatic heterocycles. The predicted octanol–water partition coefficient (Wildman–Crippen LogP) is 0.437. The lowest BCUT2D eigenvalue weighted by atomic mass is 10.1. The maximum absolute atomic E-state index is 11.4. The van der Waals surface area contributed by atoms with Crippen molar-refractivity contribution >= 4 is 21.7 Å². The summed E-state index contributed by atoms with van der Waals surface area (Å²) in [5, 5.41) is 0. The second-order valence-electron chi connectivity index (χ2n) is 2.93. The van der Waals surface area contributed by atoms with Gasteiger partial charge in [-0.3, -0.25) is 4.79 Å². The third kappa shape index (κ3) is 0.970. The van der Waals surface area contributed by atoms with Gasteiger partial charge in [-0.1, -0.05) is 0 Å². The number of hydrogen-bond acceptors (Lipinski definition) is 4. The molecule has 2 heterocycles. The fourth-order valence-corrected chi connectivity index (χ4v) is 2.11. The van der Waals surface area contributed by atoms with E-state index in [1.165, 1.54) is 7.11 Å². The summed E-state index contributed by atoms with van der Waals surface area (Å²) in [5.41, 5.74) is 0. The van der Waals surface area contributed by atoms with Crippen molar-refractivity contribution in [2.45, 2.75) is 29.9 Å². The van der Waals surface area contributed by atoms with Crippen molar-refractivity contribution in [3.8, 4) is 0 Å². The molecule has 2 aliphatic rings. The second kappa shape index (κ2) is 2.51. The monoisotopic (exact) mass is 236 g/mol. The smallest absolute Gasteiger partial charge is 0.215 e. The minimum Gasteiger partial charge on any atom is -0.353 e. The number of carbonyl (C=O) groups is 1. The molecule has 68 valence electrons. The number of hydrogen-bond donors (Lipinski definition) is 0. The average Bonchev–Trinajstić information content (AvgIpc) is 2.72. The van der Waals surface area contributed by atoms with Gasteiger partial charge in [-0.15, -0.1) is 0 Å². The first-order valence-corrected chi connectivity index (χ1v) is 4.48. The number of ketones is 1. The molecule has 0 spiro atoms. The van der Waals surface area contributed by atoms with Crippen LogP contribution >= 0.6 is 15.9 Å². The molecular formula is C7H9BrO4.